The van der Waals surface area contributed by atoms with Gasteiger partial charge in [-0.05, 0) is 48.7 Å². The zero-order chi connectivity index (χ0) is 21.6. The third kappa shape index (κ3) is 6.32. The van der Waals surface area contributed by atoms with E-state index >= 15 is 0 Å². The van der Waals surface area contributed by atoms with Crippen molar-refractivity contribution in [3.8, 4) is 0 Å². The van der Waals surface area contributed by atoms with Crippen molar-refractivity contribution < 1.29 is 22.7 Å². The first-order valence-corrected chi connectivity index (χ1v) is 11.1. The minimum atomic E-state index is -3.67. The van der Waals surface area contributed by atoms with E-state index in [-0.39, 0.29) is 13.2 Å². The van der Waals surface area contributed by atoms with Gasteiger partial charge in [0.05, 0.1) is 24.1 Å². The van der Waals surface area contributed by atoms with Gasteiger partial charge in [-0.2, -0.15) is 0 Å². The molecule has 156 valence electrons. The highest BCUT2D eigenvalue weighted by molar-refractivity contribution is 7.92. The number of carbonyl (C=O) groups excluding carboxylic acids is 2. The zero-order valence-corrected chi connectivity index (χ0v) is 17.8. The van der Waals surface area contributed by atoms with Gasteiger partial charge in [0.1, 0.15) is 6.54 Å². The summed E-state index contributed by atoms with van der Waals surface area (Å²) in [7, 11) is -3.67. The number of anilines is 2. The van der Waals surface area contributed by atoms with Crippen LogP contribution in [0.5, 0.6) is 0 Å². The number of rotatable bonds is 8. The van der Waals surface area contributed by atoms with Crippen molar-refractivity contribution in [2.75, 3.05) is 29.0 Å². The summed E-state index contributed by atoms with van der Waals surface area (Å²) < 4.78 is 30.5. The molecule has 0 unspecified atom stereocenters. The van der Waals surface area contributed by atoms with Crippen molar-refractivity contribution in [1.29, 1.82) is 0 Å². The maximum atomic E-state index is 12.5. The van der Waals surface area contributed by atoms with Crippen molar-refractivity contribution in [3.63, 3.8) is 0 Å². The molecule has 0 aliphatic rings. The van der Waals surface area contributed by atoms with E-state index < -0.39 is 21.9 Å². The predicted molar refractivity (Wildman–Crippen MR) is 114 cm³/mol. The molecule has 1 N–H and O–H groups in total. The Morgan fingerprint density at radius 2 is 1.76 bits per heavy atom. The number of carbonyl (C=O) groups is 2. The lowest BCUT2D eigenvalue weighted by molar-refractivity contribution is -0.114. The lowest BCUT2D eigenvalue weighted by Gasteiger charge is -2.22. The van der Waals surface area contributed by atoms with E-state index in [0.29, 0.717) is 22.9 Å². The Kier molecular flexibility index (Phi) is 7.39. The number of hydrogen-bond acceptors (Lipinski definition) is 5. The van der Waals surface area contributed by atoms with Crippen molar-refractivity contribution in [2.45, 2.75) is 26.7 Å². The van der Waals surface area contributed by atoms with Gasteiger partial charge in [0.15, 0.2) is 0 Å². The van der Waals surface area contributed by atoms with E-state index in [2.05, 4.69) is 5.32 Å². The standard InChI is InChI=1S/C21H26N2O5S/c1-5-28-21(25)17-7-6-8-18(13-17)22-20(24)14-23(29(4,26)27)19-11-9-16(10-12-19)15(2)3/h6-13,15H,5,14H2,1-4H3,(H,22,24). The van der Waals surface area contributed by atoms with E-state index in [1.165, 1.54) is 6.07 Å². The average molecular weight is 419 g/mol. The fourth-order valence-electron chi connectivity index (χ4n) is 2.69. The molecule has 0 spiro atoms. The molecule has 2 aromatic carbocycles. The van der Waals surface area contributed by atoms with Crippen molar-refractivity contribution >= 4 is 33.3 Å². The molecule has 0 fully saturated rings. The first-order valence-electron chi connectivity index (χ1n) is 9.26. The van der Waals surface area contributed by atoms with Crippen LogP contribution < -0.4 is 9.62 Å². The molecule has 0 aliphatic carbocycles. The number of hydrogen-bond donors (Lipinski definition) is 1. The summed E-state index contributed by atoms with van der Waals surface area (Å²) in [5.41, 5.74) is 2.16. The predicted octanol–water partition coefficient (Wildman–Crippen LogP) is 3.39. The molecule has 29 heavy (non-hydrogen) atoms. The normalized spacial score (nSPS) is 11.2. The fraction of sp³-hybridized carbons (Fsp3) is 0.333. The number of ether oxygens (including phenoxy) is 1. The van der Waals surface area contributed by atoms with Gasteiger partial charge in [0.25, 0.3) is 0 Å². The van der Waals surface area contributed by atoms with Crippen LogP contribution in [-0.4, -0.2) is 39.7 Å². The van der Waals surface area contributed by atoms with Crippen LogP contribution in [0.25, 0.3) is 0 Å². The summed E-state index contributed by atoms with van der Waals surface area (Å²) >= 11 is 0. The van der Waals surface area contributed by atoms with Crippen LogP contribution in [0.3, 0.4) is 0 Å². The van der Waals surface area contributed by atoms with Gasteiger partial charge in [-0.3, -0.25) is 9.10 Å². The Labute approximate surface area is 171 Å². The molecule has 0 atom stereocenters. The van der Waals surface area contributed by atoms with Gasteiger partial charge >= 0.3 is 5.97 Å². The number of esters is 1. The molecule has 0 aliphatic heterocycles. The number of sulfonamides is 1. The summed E-state index contributed by atoms with van der Waals surface area (Å²) in [5.74, 6) is -0.707. The topological polar surface area (TPSA) is 92.8 Å². The number of nitrogens with zero attached hydrogens (tertiary/aromatic N) is 1. The number of nitrogens with one attached hydrogen (secondary N) is 1. The van der Waals surface area contributed by atoms with Gasteiger partial charge < -0.3 is 10.1 Å². The van der Waals surface area contributed by atoms with Crippen LogP contribution in [-0.2, 0) is 19.6 Å². The fourth-order valence-corrected chi connectivity index (χ4v) is 3.55. The van der Waals surface area contributed by atoms with E-state index in [0.717, 1.165) is 16.1 Å². The van der Waals surface area contributed by atoms with E-state index in [1.54, 1.807) is 37.3 Å². The molecule has 2 rings (SSSR count). The van der Waals surface area contributed by atoms with E-state index in [1.807, 2.05) is 26.0 Å². The first-order chi connectivity index (χ1) is 13.6. The largest absolute Gasteiger partial charge is 0.462 e. The lowest BCUT2D eigenvalue weighted by Crippen LogP contribution is -2.37. The van der Waals surface area contributed by atoms with Crippen LogP contribution in [0.15, 0.2) is 48.5 Å². The van der Waals surface area contributed by atoms with Gasteiger partial charge in [0.2, 0.25) is 15.9 Å². The highest BCUT2D eigenvalue weighted by atomic mass is 32.2. The summed E-state index contributed by atoms with van der Waals surface area (Å²) in [4.78, 5) is 24.3. The molecule has 0 saturated heterocycles. The molecular weight excluding hydrogens is 392 g/mol. The second-order valence-electron chi connectivity index (χ2n) is 6.87. The SMILES string of the molecule is CCOC(=O)c1cccc(NC(=O)CN(c2ccc(C(C)C)cc2)S(C)(=O)=O)c1. The first kappa shape index (κ1) is 22.4. The van der Waals surface area contributed by atoms with Crippen LogP contribution in [0.1, 0.15) is 42.6 Å². The van der Waals surface area contributed by atoms with E-state index in [9.17, 15) is 18.0 Å². The molecule has 0 saturated carbocycles. The van der Waals surface area contributed by atoms with Crippen LogP contribution in [0, 0.1) is 0 Å². The smallest absolute Gasteiger partial charge is 0.338 e. The Balaban J connectivity index is 2.17. The van der Waals surface area contributed by atoms with Crippen LogP contribution in [0.2, 0.25) is 0 Å². The molecular formula is C21H26N2O5S. The quantitative estimate of drug-likeness (QED) is 0.664. The number of amides is 1. The minimum Gasteiger partial charge on any atom is -0.462 e. The highest BCUT2D eigenvalue weighted by Gasteiger charge is 2.21. The molecule has 2 aromatic rings. The Morgan fingerprint density at radius 3 is 2.31 bits per heavy atom. The Morgan fingerprint density at radius 1 is 1.10 bits per heavy atom. The van der Waals surface area contributed by atoms with Gasteiger partial charge in [0, 0.05) is 5.69 Å². The molecule has 8 heteroatoms. The molecule has 0 bridgehead atoms. The molecule has 1 amide bonds. The average Bonchev–Trinajstić information content (AvgIpc) is 2.66. The summed E-state index contributed by atoms with van der Waals surface area (Å²) in [5, 5.41) is 2.63. The van der Waals surface area contributed by atoms with Gasteiger partial charge in [-0.15, -0.1) is 0 Å². The zero-order valence-electron chi connectivity index (χ0n) is 17.0. The Hall–Kier alpha value is -2.87. The molecule has 0 aromatic heterocycles. The summed E-state index contributed by atoms with van der Waals surface area (Å²) in [6, 6.07) is 13.3. The van der Waals surface area contributed by atoms with E-state index in [4.69, 9.17) is 4.74 Å². The van der Waals surface area contributed by atoms with Crippen molar-refractivity contribution in [3.05, 3.63) is 59.7 Å². The lowest BCUT2D eigenvalue weighted by atomic mass is 10.0. The maximum Gasteiger partial charge on any atom is 0.338 e. The summed E-state index contributed by atoms with van der Waals surface area (Å²) in [6.45, 7) is 5.65. The molecule has 7 nitrogen and oxygen atoms in total. The summed E-state index contributed by atoms with van der Waals surface area (Å²) in [6.07, 6.45) is 1.05. The molecule has 0 heterocycles. The molecule has 0 radical (unpaired) electrons. The number of benzene rings is 2. The monoisotopic (exact) mass is 418 g/mol. The minimum absolute atomic E-state index is 0.244. The van der Waals surface area contributed by atoms with Crippen molar-refractivity contribution in [1.82, 2.24) is 0 Å². The third-order valence-electron chi connectivity index (χ3n) is 4.19. The highest BCUT2D eigenvalue weighted by Crippen LogP contribution is 2.22. The second kappa shape index (κ2) is 9.56. The van der Waals surface area contributed by atoms with Gasteiger partial charge in [-0.1, -0.05) is 32.0 Å². The Bertz CT molecular complexity index is 969. The third-order valence-corrected chi connectivity index (χ3v) is 5.33. The van der Waals surface area contributed by atoms with Crippen LogP contribution >= 0.6 is 0 Å². The maximum absolute atomic E-state index is 12.5. The second-order valence-corrected chi connectivity index (χ2v) is 8.77. The van der Waals surface area contributed by atoms with Crippen LogP contribution in [0.4, 0.5) is 11.4 Å². The van der Waals surface area contributed by atoms with Gasteiger partial charge in [-0.25, -0.2) is 13.2 Å². The van der Waals surface area contributed by atoms with Crippen molar-refractivity contribution in [2.24, 2.45) is 0 Å².